The Kier molecular flexibility index (Phi) is 3.86. The molecule has 1 saturated heterocycles. The molecule has 1 aromatic rings. The normalized spacial score (nSPS) is 17.1. The first-order chi connectivity index (χ1) is 8.56. The molecule has 18 heavy (non-hydrogen) atoms. The number of hydrogen-bond acceptors (Lipinski definition) is 3. The standard InChI is InChI=1S/C12H15F2N3O/c1-7(12-10(14)3-9(13)6-16-12)17-11(18)2-8-4-15-5-8/h3,6-8,15H,2,4-5H2,1H3,(H,17,18). The summed E-state index contributed by atoms with van der Waals surface area (Å²) in [6, 6.07) is 0.201. The maximum Gasteiger partial charge on any atom is 0.220 e. The molecule has 1 atom stereocenters. The van der Waals surface area contributed by atoms with Gasteiger partial charge in [-0.15, -0.1) is 0 Å². The zero-order valence-corrected chi connectivity index (χ0v) is 10.0. The molecule has 1 unspecified atom stereocenters. The van der Waals surface area contributed by atoms with E-state index >= 15 is 0 Å². The Morgan fingerprint density at radius 2 is 2.33 bits per heavy atom. The van der Waals surface area contributed by atoms with Crippen molar-refractivity contribution in [2.24, 2.45) is 5.92 Å². The first-order valence-corrected chi connectivity index (χ1v) is 5.87. The van der Waals surface area contributed by atoms with E-state index in [4.69, 9.17) is 0 Å². The largest absolute Gasteiger partial charge is 0.348 e. The second kappa shape index (κ2) is 5.39. The highest BCUT2D eigenvalue weighted by Crippen LogP contribution is 2.16. The van der Waals surface area contributed by atoms with E-state index in [1.54, 1.807) is 6.92 Å². The van der Waals surface area contributed by atoms with Crippen LogP contribution in [0.1, 0.15) is 25.1 Å². The molecule has 0 bridgehead atoms. The molecular formula is C12H15F2N3O. The minimum absolute atomic E-state index is 0.0523. The lowest BCUT2D eigenvalue weighted by Gasteiger charge is -2.27. The molecule has 0 saturated carbocycles. The minimum Gasteiger partial charge on any atom is -0.348 e. The van der Waals surface area contributed by atoms with Crippen LogP contribution in [-0.2, 0) is 4.79 Å². The maximum atomic E-state index is 13.4. The zero-order valence-electron chi connectivity index (χ0n) is 10.0. The molecule has 2 rings (SSSR count). The van der Waals surface area contributed by atoms with Gasteiger partial charge in [-0.1, -0.05) is 0 Å². The van der Waals surface area contributed by atoms with E-state index < -0.39 is 17.7 Å². The van der Waals surface area contributed by atoms with E-state index in [2.05, 4.69) is 15.6 Å². The number of nitrogens with one attached hydrogen (secondary N) is 2. The summed E-state index contributed by atoms with van der Waals surface area (Å²) in [5, 5.41) is 5.74. The summed E-state index contributed by atoms with van der Waals surface area (Å²) in [5.41, 5.74) is 0.0523. The van der Waals surface area contributed by atoms with Gasteiger partial charge in [0.05, 0.1) is 17.9 Å². The molecule has 98 valence electrons. The van der Waals surface area contributed by atoms with Crippen molar-refractivity contribution in [1.82, 2.24) is 15.6 Å². The average Bonchev–Trinajstić information content (AvgIpc) is 2.23. The molecule has 0 aliphatic carbocycles. The number of aromatic nitrogens is 1. The fourth-order valence-corrected chi connectivity index (χ4v) is 1.87. The number of pyridine rings is 1. The second-order valence-corrected chi connectivity index (χ2v) is 4.54. The Morgan fingerprint density at radius 3 is 2.89 bits per heavy atom. The quantitative estimate of drug-likeness (QED) is 0.848. The van der Waals surface area contributed by atoms with Crippen LogP contribution in [0.25, 0.3) is 0 Å². The van der Waals surface area contributed by atoms with E-state index in [1.807, 2.05) is 0 Å². The smallest absolute Gasteiger partial charge is 0.220 e. The number of amides is 1. The fraction of sp³-hybridized carbons (Fsp3) is 0.500. The molecule has 2 N–H and O–H groups in total. The first kappa shape index (κ1) is 12.9. The summed E-state index contributed by atoms with van der Waals surface area (Å²) in [7, 11) is 0. The molecule has 1 aliphatic heterocycles. The molecule has 1 aromatic heterocycles. The van der Waals surface area contributed by atoms with Gasteiger partial charge in [-0.2, -0.15) is 0 Å². The first-order valence-electron chi connectivity index (χ1n) is 5.87. The lowest BCUT2D eigenvalue weighted by atomic mass is 9.99. The van der Waals surface area contributed by atoms with Crippen molar-refractivity contribution in [1.29, 1.82) is 0 Å². The molecule has 1 fully saturated rings. The summed E-state index contributed by atoms with van der Waals surface area (Å²) >= 11 is 0. The summed E-state index contributed by atoms with van der Waals surface area (Å²) in [5.74, 6) is -1.26. The van der Waals surface area contributed by atoms with Crippen molar-refractivity contribution in [3.63, 3.8) is 0 Å². The highest BCUT2D eigenvalue weighted by atomic mass is 19.1. The highest BCUT2D eigenvalue weighted by Gasteiger charge is 2.22. The Hall–Kier alpha value is -1.56. The number of nitrogens with zero attached hydrogens (tertiary/aromatic N) is 1. The van der Waals surface area contributed by atoms with Gasteiger partial charge in [-0.25, -0.2) is 8.78 Å². The van der Waals surface area contributed by atoms with Crippen LogP contribution in [0.4, 0.5) is 8.78 Å². The van der Waals surface area contributed by atoms with Crippen molar-refractivity contribution < 1.29 is 13.6 Å². The highest BCUT2D eigenvalue weighted by molar-refractivity contribution is 5.76. The maximum absolute atomic E-state index is 13.4. The van der Waals surface area contributed by atoms with Crippen LogP contribution >= 0.6 is 0 Å². The number of hydrogen-bond donors (Lipinski definition) is 2. The summed E-state index contributed by atoms with van der Waals surface area (Å²) in [6.45, 7) is 3.30. The summed E-state index contributed by atoms with van der Waals surface area (Å²) in [4.78, 5) is 15.3. The topological polar surface area (TPSA) is 54.0 Å². The summed E-state index contributed by atoms with van der Waals surface area (Å²) < 4.78 is 26.1. The van der Waals surface area contributed by atoms with Gasteiger partial charge >= 0.3 is 0 Å². The predicted molar refractivity (Wildman–Crippen MR) is 61.7 cm³/mol. The Balaban J connectivity index is 1.93. The van der Waals surface area contributed by atoms with E-state index in [1.165, 1.54) is 0 Å². The lowest BCUT2D eigenvalue weighted by Crippen LogP contribution is -2.44. The van der Waals surface area contributed by atoms with Gasteiger partial charge in [0.1, 0.15) is 11.6 Å². The van der Waals surface area contributed by atoms with Crippen molar-refractivity contribution in [3.05, 3.63) is 29.6 Å². The van der Waals surface area contributed by atoms with Gasteiger partial charge in [-0.3, -0.25) is 9.78 Å². The van der Waals surface area contributed by atoms with Crippen LogP contribution in [0.5, 0.6) is 0 Å². The van der Waals surface area contributed by atoms with Crippen LogP contribution in [-0.4, -0.2) is 24.0 Å². The van der Waals surface area contributed by atoms with Crippen LogP contribution < -0.4 is 10.6 Å². The van der Waals surface area contributed by atoms with Crippen LogP contribution in [0, 0.1) is 17.6 Å². The molecule has 2 heterocycles. The van der Waals surface area contributed by atoms with Gasteiger partial charge in [0.25, 0.3) is 0 Å². The zero-order chi connectivity index (χ0) is 13.1. The predicted octanol–water partition coefficient (Wildman–Crippen LogP) is 1.15. The Labute approximate surface area is 104 Å². The van der Waals surface area contributed by atoms with Crippen molar-refractivity contribution in [2.45, 2.75) is 19.4 Å². The van der Waals surface area contributed by atoms with Crippen LogP contribution in [0.3, 0.4) is 0 Å². The molecule has 6 heteroatoms. The van der Waals surface area contributed by atoms with Crippen molar-refractivity contribution in [3.8, 4) is 0 Å². The molecule has 0 radical (unpaired) electrons. The van der Waals surface area contributed by atoms with Gasteiger partial charge in [0, 0.05) is 12.5 Å². The molecule has 1 aliphatic rings. The average molecular weight is 255 g/mol. The number of halogens is 2. The minimum atomic E-state index is -0.742. The van der Waals surface area contributed by atoms with Gasteiger partial charge < -0.3 is 10.6 Å². The third-order valence-electron chi connectivity index (χ3n) is 2.96. The van der Waals surface area contributed by atoms with Crippen LogP contribution in [0.15, 0.2) is 12.3 Å². The summed E-state index contributed by atoms with van der Waals surface area (Å²) in [6.07, 6.45) is 1.36. The Morgan fingerprint density at radius 1 is 1.61 bits per heavy atom. The lowest BCUT2D eigenvalue weighted by molar-refractivity contribution is -0.123. The monoisotopic (exact) mass is 255 g/mol. The second-order valence-electron chi connectivity index (χ2n) is 4.54. The van der Waals surface area contributed by atoms with Gasteiger partial charge in [0.15, 0.2) is 0 Å². The molecule has 0 aromatic carbocycles. The van der Waals surface area contributed by atoms with E-state index in [-0.39, 0.29) is 11.6 Å². The van der Waals surface area contributed by atoms with Crippen molar-refractivity contribution >= 4 is 5.91 Å². The molecule has 1 amide bonds. The molecule has 0 spiro atoms. The Bertz CT molecular complexity index is 449. The molecular weight excluding hydrogens is 240 g/mol. The number of carbonyl (C=O) groups excluding carboxylic acids is 1. The van der Waals surface area contributed by atoms with E-state index in [9.17, 15) is 13.6 Å². The third kappa shape index (κ3) is 3.01. The number of carbonyl (C=O) groups is 1. The van der Waals surface area contributed by atoms with Gasteiger partial charge in [-0.05, 0) is 25.9 Å². The third-order valence-corrected chi connectivity index (χ3v) is 2.96. The van der Waals surface area contributed by atoms with E-state index in [0.717, 1.165) is 25.4 Å². The fourth-order valence-electron chi connectivity index (χ4n) is 1.87. The number of rotatable bonds is 4. The van der Waals surface area contributed by atoms with E-state index in [0.29, 0.717) is 12.3 Å². The van der Waals surface area contributed by atoms with Crippen molar-refractivity contribution in [2.75, 3.05) is 13.1 Å². The molecule has 4 nitrogen and oxygen atoms in total. The van der Waals surface area contributed by atoms with Crippen LogP contribution in [0.2, 0.25) is 0 Å². The SMILES string of the molecule is CC(NC(=O)CC1CNC1)c1ncc(F)cc1F. The van der Waals surface area contributed by atoms with Gasteiger partial charge in [0.2, 0.25) is 5.91 Å².